The van der Waals surface area contributed by atoms with Crippen LogP contribution < -0.4 is 10.2 Å². The monoisotopic (exact) mass is 260 g/mol. The summed E-state index contributed by atoms with van der Waals surface area (Å²) in [7, 11) is 0. The summed E-state index contributed by atoms with van der Waals surface area (Å²) in [5.74, 6) is -2.67. The van der Waals surface area contributed by atoms with Crippen LogP contribution in [0.2, 0.25) is 0 Å². The van der Waals surface area contributed by atoms with Gasteiger partial charge in [-0.25, -0.2) is 0 Å². The summed E-state index contributed by atoms with van der Waals surface area (Å²) in [6, 6.07) is 0. The summed E-state index contributed by atoms with van der Waals surface area (Å²) in [5, 5.41) is 19.2. The van der Waals surface area contributed by atoms with Gasteiger partial charge in [-0.2, -0.15) is 0 Å². The fourth-order valence-corrected chi connectivity index (χ4v) is 0. The van der Waals surface area contributed by atoms with Crippen LogP contribution in [0.25, 0.3) is 0 Å². The third-order valence-corrected chi connectivity index (χ3v) is 0.943. The molecule has 0 rings (SSSR count). The van der Waals surface area contributed by atoms with Crippen molar-refractivity contribution < 1.29 is 25.3 Å². The maximum absolute atomic E-state index is 9.59. The molecule has 0 aliphatic rings. The average molecular weight is 261 g/mol. The molecule has 0 fully saturated rings. The summed E-state index contributed by atoms with van der Waals surface area (Å²) in [6.45, 7) is 6.31. The Balaban J connectivity index is -0.0000000625. The van der Waals surface area contributed by atoms with E-state index in [9.17, 15) is 19.8 Å². The second-order valence-electron chi connectivity index (χ2n) is 2.95. The van der Waals surface area contributed by atoms with E-state index in [1.165, 1.54) is 0 Å². The SMILES string of the molecule is CC(C)C(=O)[O-].CC(C)C(=O)[O-].[Ga+3].[OH-]. The molecule has 0 amide bonds. The molecule has 0 spiro atoms. The number of carboxylic acid groups (broad SMARTS) is 2. The molecule has 0 heterocycles. The van der Waals surface area contributed by atoms with Gasteiger partial charge in [-0.05, 0) is 11.8 Å². The third kappa shape index (κ3) is 22.5. The smallest absolute Gasteiger partial charge is 0.870 e. The van der Waals surface area contributed by atoms with Crippen molar-refractivity contribution in [1.29, 1.82) is 0 Å². The fraction of sp³-hybridized carbons (Fsp3) is 0.750. The zero-order valence-electron chi connectivity index (χ0n) is 8.81. The maximum atomic E-state index is 9.59. The zero-order valence-corrected chi connectivity index (χ0v) is 11.2. The van der Waals surface area contributed by atoms with Crippen LogP contribution in [0.15, 0.2) is 0 Å². The van der Waals surface area contributed by atoms with Gasteiger partial charge in [0.25, 0.3) is 0 Å². The van der Waals surface area contributed by atoms with Crippen molar-refractivity contribution in [3.63, 3.8) is 0 Å². The van der Waals surface area contributed by atoms with Crippen molar-refractivity contribution in [2.75, 3.05) is 0 Å². The largest absolute Gasteiger partial charge is 3.00 e. The summed E-state index contributed by atoms with van der Waals surface area (Å²) >= 11 is 0. The summed E-state index contributed by atoms with van der Waals surface area (Å²) in [4.78, 5) is 19.2. The minimum absolute atomic E-state index is 0. The Morgan fingerprint density at radius 1 is 0.857 bits per heavy atom. The van der Waals surface area contributed by atoms with Gasteiger partial charge in [0.15, 0.2) is 0 Å². The summed E-state index contributed by atoms with van der Waals surface area (Å²) < 4.78 is 0. The quantitative estimate of drug-likeness (QED) is 0.546. The second-order valence-corrected chi connectivity index (χ2v) is 2.95. The first-order valence-electron chi connectivity index (χ1n) is 3.70. The van der Waals surface area contributed by atoms with Crippen LogP contribution in [0.5, 0.6) is 0 Å². The molecule has 0 aromatic rings. The molecular weight excluding hydrogens is 246 g/mol. The molecule has 0 aliphatic carbocycles. The van der Waals surface area contributed by atoms with Crippen LogP contribution in [0.1, 0.15) is 27.7 Å². The molecule has 0 atom stereocenters. The van der Waals surface area contributed by atoms with Crippen LogP contribution in [-0.2, 0) is 9.59 Å². The minimum Gasteiger partial charge on any atom is -0.870 e. The summed E-state index contributed by atoms with van der Waals surface area (Å²) in [6.07, 6.45) is 0. The first-order valence-corrected chi connectivity index (χ1v) is 3.70. The number of carbonyl (C=O) groups excluding carboxylic acids is 2. The minimum atomic E-state index is -0.991. The van der Waals surface area contributed by atoms with E-state index in [-0.39, 0.29) is 37.1 Å². The first kappa shape index (κ1) is 23.4. The van der Waals surface area contributed by atoms with E-state index in [4.69, 9.17) is 0 Å². The number of carbonyl (C=O) groups is 2. The van der Waals surface area contributed by atoms with Crippen molar-refractivity contribution in [3.05, 3.63) is 0 Å². The first-order chi connectivity index (χ1) is 5.29. The van der Waals surface area contributed by atoms with E-state index >= 15 is 0 Å². The Bertz CT molecular complexity index is 138. The molecule has 1 N–H and O–H groups in total. The van der Waals surface area contributed by atoms with Crippen LogP contribution in [0, 0.1) is 11.8 Å². The molecule has 0 aliphatic heterocycles. The van der Waals surface area contributed by atoms with Gasteiger partial charge in [-0.15, -0.1) is 0 Å². The van der Waals surface area contributed by atoms with Gasteiger partial charge in [0.2, 0.25) is 0 Å². The second kappa shape index (κ2) is 12.5. The van der Waals surface area contributed by atoms with Crippen LogP contribution >= 0.6 is 0 Å². The van der Waals surface area contributed by atoms with Crippen LogP contribution in [0.3, 0.4) is 0 Å². The van der Waals surface area contributed by atoms with E-state index in [1.807, 2.05) is 0 Å². The number of hydrogen-bond acceptors (Lipinski definition) is 5. The molecule has 0 aromatic carbocycles. The Hall–Kier alpha value is -0.464. The van der Waals surface area contributed by atoms with Gasteiger partial charge in [0.1, 0.15) is 0 Å². The van der Waals surface area contributed by atoms with E-state index < -0.39 is 11.9 Å². The maximum Gasteiger partial charge on any atom is 3.00 e. The molecule has 0 aromatic heterocycles. The van der Waals surface area contributed by atoms with Gasteiger partial charge in [0, 0.05) is 11.9 Å². The molecule has 14 heavy (non-hydrogen) atoms. The van der Waals surface area contributed by atoms with Crippen molar-refractivity contribution in [1.82, 2.24) is 0 Å². The van der Waals surface area contributed by atoms with Gasteiger partial charge in [-0.3, -0.25) is 0 Å². The number of rotatable bonds is 2. The van der Waals surface area contributed by atoms with Crippen molar-refractivity contribution in [3.8, 4) is 0 Å². The van der Waals surface area contributed by atoms with Gasteiger partial charge in [-0.1, -0.05) is 27.7 Å². The standard InChI is InChI=1S/2C4H8O2.Ga.H2O/c2*1-3(2)4(5)6;;/h2*3H,1-2H3,(H,5,6);;1H2/q;;+3;/p-3. The molecule has 6 heteroatoms. The molecule has 80 valence electrons. The predicted octanol–water partition coefficient (Wildman–Crippen LogP) is -1.77. The molecule has 0 radical (unpaired) electrons. The van der Waals surface area contributed by atoms with Gasteiger partial charge >= 0.3 is 19.8 Å². The number of carboxylic acids is 2. The molecule has 0 unspecified atom stereocenters. The number of hydrogen-bond donors (Lipinski definition) is 0. The molecule has 5 nitrogen and oxygen atoms in total. The van der Waals surface area contributed by atoms with E-state index in [0.29, 0.717) is 0 Å². The predicted molar refractivity (Wildman–Crippen MR) is 47.4 cm³/mol. The Labute approximate surface area is 96.9 Å². The normalized spacial score (nSPS) is 7.86. The Morgan fingerprint density at radius 3 is 0.929 bits per heavy atom. The van der Waals surface area contributed by atoms with Crippen LogP contribution in [-0.4, -0.2) is 37.2 Å². The van der Waals surface area contributed by atoms with E-state index in [1.54, 1.807) is 27.7 Å². The summed E-state index contributed by atoms with van der Waals surface area (Å²) in [5.41, 5.74) is 0. The van der Waals surface area contributed by atoms with Crippen molar-refractivity contribution >= 4 is 31.7 Å². The molecule has 0 saturated heterocycles. The Kier molecular flexibility index (Phi) is 20.9. The van der Waals surface area contributed by atoms with Gasteiger partial charge in [0.05, 0.1) is 0 Å². The molecule has 0 bridgehead atoms. The fourth-order valence-electron chi connectivity index (χ4n) is 0. The van der Waals surface area contributed by atoms with E-state index in [2.05, 4.69) is 0 Å². The molecular formula is C8H15GaO5. The average Bonchev–Trinajstić information content (AvgIpc) is 1.88. The zero-order chi connectivity index (χ0) is 10.3. The van der Waals surface area contributed by atoms with Crippen molar-refractivity contribution in [2.45, 2.75) is 27.7 Å². The van der Waals surface area contributed by atoms with Crippen LogP contribution in [0.4, 0.5) is 0 Å². The van der Waals surface area contributed by atoms with Crippen molar-refractivity contribution in [2.24, 2.45) is 11.8 Å². The molecule has 0 saturated carbocycles. The topological polar surface area (TPSA) is 110 Å². The van der Waals surface area contributed by atoms with E-state index in [0.717, 1.165) is 0 Å². The third-order valence-electron chi connectivity index (χ3n) is 0.943. The van der Waals surface area contributed by atoms with Gasteiger partial charge < -0.3 is 25.3 Å². The Morgan fingerprint density at radius 2 is 0.929 bits per heavy atom. The number of aliphatic carboxylic acids is 2.